The molecule has 4 heteroatoms. The molecule has 0 aromatic heterocycles. The minimum Gasteiger partial charge on any atom is -0.207 e. The number of aryl methyl sites for hydroxylation is 2. The Morgan fingerprint density at radius 2 is 1.72 bits per heavy atom. The van der Waals surface area contributed by atoms with Crippen LogP contribution in [-0.2, 0) is 21.9 Å². The summed E-state index contributed by atoms with van der Waals surface area (Å²) in [6, 6.07) is 9.33. The monoisotopic (exact) mass is 280 g/mol. The summed E-state index contributed by atoms with van der Waals surface area (Å²) >= 11 is 0. The highest BCUT2D eigenvalue weighted by Crippen LogP contribution is 2.31. The van der Waals surface area contributed by atoms with Crippen LogP contribution in [0, 0.1) is 0 Å². The Labute approximate surface area is 111 Å². The van der Waals surface area contributed by atoms with Gasteiger partial charge in [-0.2, -0.15) is 0 Å². The van der Waals surface area contributed by atoms with Gasteiger partial charge < -0.3 is 0 Å². The van der Waals surface area contributed by atoms with E-state index in [1.54, 1.807) is 12.1 Å². The number of rotatable bonds is 1. The molecule has 0 saturated carbocycles. The molecule has 0 fully saturated rings. The van der Waals surface area contributed by atoms with E-state index in [1.165, 1.54) is 24.0 Å². The molecule has 0 radical (unpaired) electrons. The van der Waals surface area contributed by atoms with Gasteiger partial charge in [-0.15, -0.1) is 0 Å². The van der Waals surface area contributed by atoms with E-state index in [1.807, 2.05) is 6.07 Å². The Morgan fingerprint density at radius 3 is 2.50 bits per heavy atom. The van der Waals surface area contributed by atoms with Crippen LogP contribution in [0.3, 0.4) is 0 Å². The molecule has 0 amide bonds. The Balaban J connectivity index is 2.31. The molecule has 2 nitrogen and oxygen atoms in total. The minimum absolute atomic E-state index is 0.190. The van der Waals surface area contributed by atoms with E-state index >= 15 is 0 Å². The van der Waals surface area contributed by atoms with Crippen LogP contribution >= 0.6 is 10.7 Å². The molecular formula is C14H13ClO2S. The molecule has 0 saturated heterocycles. The number of benzene rings is 2. The summed E-state index contributed by atoms with van der Waals surface area (Å²) in [6.07, 6.45) is 4.50. The Kier molecular flexibility index (Phi) is 2.83. The first-order valence-electron chi connectivity index (χ1n) is 6.05. The highest BCUT2D eigenvalue weighted by atomic mass is 35.7. The highest BCUT2D eigenvalue weighted by Gasteiger charge is 2.15. The second-order valence-corrected chi connectivity index (χ2v) is 7.30. The maximum absolute atomic E-state index is 11.4. The third-order valence-corrected chi connectivity index (χ3v) is 4.96. The second kappa shape index (κ2) is 4.25. The summed E-state index contributed by atoms with van der Waals surface area (Å²) in [6.45, 7) is 0. The predicted octanol–water partition coefficient (Wildman–Crippen LogP) is 3.65. The van der Waals surface area contributed by atoms with Crippen LogP contribution in [0.4, 0.5) is 0 Å². The lowest BCUT2D eigenvalue weighted by molar-refractivity contribution is 0.609. The molecule has 0 heterocycles. The van der Waals surface area contributed by atoms with Crippen LogP contribution in [0.25, 0.3) is 10.8 Å². The van der Waals surface area contributed by atoms with Crippen LogP contribution in [0.5, 0.6) is 0 Å². The normalized spacial score (nSPS) is 15.6. The lowest BCUT2D eigenvalue weighted by Crippen LogP contribution is -2.03. The fourth-order valence-corrected chi connectivity index (χ4v) is 3.48. The molecule has 0 N–H and O–H groups in total. The SMILES string of the molecule is O=S(=O)(Cl)c1ccc2ccc3c(c2c1)CCCC3. The zero-order valence-corrected chi connectivity index (χ0v) is 11.4. The Morgan fingerprint density at radius 1 is 1.00 bits per heavy atom. The zero-order valence-electron chi connectivity index (χ0n) is 9.82. The third kappa shape index (κ3) is 2.02. The molecule has 0 bridgehead atoms. The average Bonchev–Trinajstić information content (AvgIpc) is 2.37. The summed E-state index contributed by atoms with van der Waals surface area (Å²) in [4.78, 5) is 0.190. The standard InChI is InChI=1S/C14H13ClO2S/c15-18(16,17)12-8-7-11-6-5-10-3-1-2-4-13(10)14(11)9-12/h5-9H,1-4H2. The first-order chi connectivity index (χ1) is 8.55. The van der Waals surface area contributed by atoms with Gasteiger partial charge in [-0.1, -0.05) is 18.2 Å². The van der Waals surface area contributed by atoms with Gasteiger partial charge >= 0.3 is 0 Å². The van der Waals surface area contributed by atoms with Gasteiger partial charge in [0.25, 0.3) is 9.05 Å². The molecular weight excluding hydrogens is 268 g/mol. The topological polar surface area (TPSA) is 34.1 Å². The quantitative estimate of drug-likeness (QED) is 0.747. The zero-order chi connectivity index (χ0) is 12.8. The number of hydrogen-bond donors (Lipinski definition) is 0. The third-order valence-electron chi connectivity index (χ3n) is 3.61. The van der Waals surface area contributed by atoms with Crippen molar-refractivity contribution in [2.75, 3.05) is 0 Å². The van der Waals surface area contributed by atoms with Gasteiger partial charge in [0.1, 0.15) is 0 Å². The summed E-state index contributed by atoms with van der Waals surface area (Å²) in [5.41, 5.74) is 2.64. The van der Waals surface area contributed by atoms with E-state index in [9.17, 15) is 8.42 Å². The number of halogens is 1. The van der Waals surface area contributed by atoms with Crippen molar-refractivity contribution >= 4 is 30.5 Å². The molecule has 1 aliphatic rings. The van der Waals surface area contributed by atoms with Gasteiger partial charge in [-0.05, 0) is 59.7 Å². The molecule has 94 valence electrons. The van der Waals surface area contributed by atoms with Crippen molar-refractivity contribution in [3.05, 3.63) is 41.5 Å². The molecule has 18 heavy (non-hydrogen) atoms. The molecule has 0 unspecified atom stereocenters. The Bertz CT molecular complexity index is 720. The predicted molar refractivity (Wildman–Crippen MR) is 73.6 cm³/mol. The van der Waals surface area contributed by atoms with Crippen LogP contribution in [0.15, 0.2) is 35.2 Å². The van der Waals surface area contributed by atoms with Crippen LogP contribution < -0.4 is 0 Å². The maximum Gasteiger partial charge on any atom is 0.261 e. The summed E-state index contributed by atoms with van der Waals surface area (Å²) in [5.74, 6) is 0. The van der Waals surface area contributed by atoms with Crippen molar-refractivity contribution < 1.29 is 8.42 Å². The van der Waals surface area contributed by atoms with Gasteiger partial charge in [-0.3, -0.25) is 0 Å². The largest absolute Gasteiger partial charge is 0.261 e. The summed E-state index contributed by atoms with van der Waals surface area (Å²) in [5, 5.41) is 2.12. The van der Waals surface area contributed by atoms with E-state index in [0.717, 1.165) is 23.6 Å². The lowest BCUT2D eigenvalue weighted by atomic mass is 9.88. The Hall–Kier alpha value is -1.06. The first-order valence-corrected chi connectivity index (χ1v) is 8.36. The van der Waals surface area contributed by atoms with Crippen LogP contribution in [0.1, 0.15) is 24.0 Å². The highest BCUT2D eigenvalue weighted by molar-refractivity contribution is 8.13. The van der Waals surface area contributed by atoms with Crippen molar-refractivity contribution in [1.29, 1.82) is 0 Å². The lowest BCUT2D eigenvalue weighted by Gasteiger charge is -2.18. The van der Waals surface area contributed by atoms with Crippen molar-refractivity contribution in [3.8, 4) is 0 Å². The number of fused-ring (bicyclic) bond motifs is 3. The van der Waals surface area contributed by atoms with E-state index < -0.39 is 9.05 Å². The number of hydrogen-bond acceptors (Lipinski definition) is 2. The van der Waals surface area contributed by atoms with E-state index in [2.05, 4.69) is 12.1 Å². The fraction of sp³-hybridized carbons (Fsp3) is 0.286. The molecule has 2 aromatic carbocycles. The minimum atomic E-state index is -3.65. The first kappa shape index (κ1) is 12.0. The van der Waals surface area contributed by atoms with Gasteiger partial charge in [0.2, 0.25) is 0 Å². The van der Waals surface area contributed by atoms with Gasteiger partial charge in [0.15, 0.2) is 0 Å². The molecule has 3 rings (SSSR count). The van der Waals surface area contributed by atoms with Crippen molar-refractivity contribution in [1.82, 2.24) is 0 Å². The van der Waals surface area contributed by atoms with Gasteiger partial charge in [0, 0.05) is 10.7 Å². The fourth-order valence-electron chi connectivity index (χ4n) is 2.70. The van der Waals surface area contributed by atoms with E-state index in [4.69, 9.17) is 10.7 Å². The van der Waals surface area contributed by atoms with Crippen molar-refractivity contribution in [2.24, 2.45) is 0 Å². The molecule has 0 atom stereocenters. The summed E-state index contributed by atoms with van der Waals surface area (Å²) < 4.78 is 22.8. The average molecular weight is 281 g/mol. The van der Waals surface area contributed by atoms with E-state index in [-0.39, 0.29) is 4.90 Å². The molecule has 1 aliphatic carbocycles. The molecule has 0 spiro atoms. The van der Waals surface area contributed by atoms with E-state index in [0.29, 0.717) is 0 Å². The smallest absolute Gasteiger partial charge is 0.207 e. The maximum atomic E-state index is 11.4. The van der Waals surface area contributed by atoms with Crippen molar-refractivity contribution in [2.45, 2.75) is 30.6 Å². The van der Waals surface area contributed by atoms with Crippen molar-refractivity contribution in [3.63, 3.8) is 0 Å². The van der Waals surface area contributed by atoms with Gasteiger partial charge in [0.05, 0.1) is 4.90 Å². The van der Waals surface area contributed by atoms with Crippen LogP contribution in [0.2, 0.25) is 0 Å². The van der Waals surface area contributed by atoms with Crippen LogP contribution in [-0.4, -0.2) is 8.42 Å². The van der Waals surface area contributed by atoms with Gasteiger partial charge in [-0.25, -0.2) is 8.42 Å². The molecule has 2 aromatic rings. The summed E-state index contributed by atoms with van der Waals surface area (Å²) in [7, 11) is 1.77. The molecule has 0 aliphatic heterocycles. The second-order valence-electron chi connectivity index (χ2n) is 4.73.